The molecule has 0 aliphatic carbocycles. The molecule has 1 aromatic carbocycles. The average molecular weight is 238 g/mol. The summed E-state index contributed by atoms with van der Waals surface area (Å²) in [5, 5.41) is 8.76. The minimum atomic E-state index is -1.01. The highest BCUT2D eigenvalue weighted by Gasteiger charge is 2.05. The Hall–Kier alpha value is -2.04. The molecule has 0 atom stereocenters. The number of carbonyl (C=O) groups is 2. The molecule has 0 amide bonds. The molecular formula is C12H14O5. The number of carbonyl (C=O) groups excluding carboxylic acids is 1. The van der Waals surface area contributed by atoms with Crippen LogP contribution in [0, 0.1) is 0 Å². The van der Waals surface area contributed by atoms with Crippen LogP contribution >= 0.6 is 0 Å². The number of carboxylic acid groups (broad SMARTS) is 1. The van der Waals surface area contributed by atoms with Crippen molar-refractivity contribution in [1.82, 2.24) is 0 Å². The molecule has 92 valence electrons. The van der Waals surface area contributed by atoms with Gasteiger partial charge in [0.05, 0.1) is 25.2 Å². The van der Waals surface area contributed by atoms with Crippen molar-refractivity contribution in [3.8, 4) is 5.75 Å². The van der Waals surface area contributed by atoms with Gasteiger partial charge in [0.2, 0.25) is 0 Å². The van der Waals surface area contributed by atoms with Crippen molar-refractivity contribution < 1.29 is 24.2 Å². The maximum atomic E-state index is 11.0. The van der Waals surface area contributed by atoms with Crippen LogP contribution in [0.25, 0.3) is 0 Å². The smallest absolute Gasteiger partial charge is 0.335 e. The van der Waals surface area contributed by atoms with Crippen LogP contribution in [-0.4, -0.2) is 30.3 Å². The Morgan fingerprint density at radius 3 is 2.76 bits per heavy atom. The summed E-state index contributed by atoms with van der Waals surface area (Å²) in [5.41, 5.74) is 0.152. The van der Waals surface area contributed by atoms with Gasteiger partial charge in [-0.1, -0.05) is 6.07 Å². The second-order valence-corrected chi connectivity index (χ2v) is 3.24. The minimum absolute atomic E-state index is 0.144. The fourth-order valence-electron chi connectivity index (χ4n) is 1.20. The van der Waals surface area contributed by atoms with Crippen LogP contribution in [0.1, 0.15) is 23.7 Å². The molecule has 0 fully saturated rings. The minimum Gasteiger partial charge on any atom is -0.493 e. The quantitative estimate of drug-likeness (QED) is 0.764. The van der Waals surface area contributed by atoms with Gasteiger partial charge in [0.15, 0.2) is 0 Å². The summed E-state index contributed by atoms with van der Waals surface area (Å²) in [6, 6.07) is 6.11. The molecule has 5 nitrogen and oxygen atoms in total. The lowest BCUT2D eigenvalue weighted by atomic mass is 10.2. The fourth-order valence-corrected chi connectivity index (χ4v) is 1.20. The number of hydrogen-bond donors (Lipinski definition) is 1. The first-order valence-electron chi connectivity index (χ1n) is 5.25. The number of benzene rings is 1. The number of rotatable bonds is 6. The van der Waals surface area contributed by atoms with Crippen LogP contribution in [-0.2, 0) is 9.53 Å². The van der Waals surface area contributed by atoms with Crippen LogP contribution < -0.4 is 4.74 Å². The number of aromatic carboxylic acids is 1. The van der Waals surface area contributed by atoms with Crippen molar-refractivity contribution in [3.63, 3.8) is 0 Å². The summed E-state index contributed by atoms with van der Waals surface area (Å²) in [6.07, 6.45) is 0.144. The Bertz CT molecular complexity index is 400. The van der Waals surface area contributed by atoms with Crippen LogP contribution in [0.2, 0.25) is 0 Å². The molecule has 0 heterocycles. The number of esters is 1. The third-order valence-electron chi connectivity index (χ3n) is 1.96. The summed E-state index contributed by atoms with van der Waals surface area (Å²) in [6.45, 7) is 2.24. The first-order chi connectivity index (χ1) is 8.13. The van der Waals surface area contributed by atoms with E-state index in [1.165, 1.54) is 12.1 Å². The highest BCUT2D eigenvalue weighted by molar-refractivity contribution is 5.88. The van der Waals surface area contributed by atoms with Gasteiger partial charge >= 0.3 is 11.9 Å². The highest BCUT2D eigenvalue weighted by Crippen LogP contribution is 2.13. The first kappa shape index (κ1) is 13.0. The van der Waals surface area contributed by atoms with Crippen molar-refractivity contribution in [3.05, 3.63) is 29.8 Å². The molecule has 0 radical (unpaired) electrons. The number of ether oxygens (including phenoxy) is 2. The Kier molecular flexibility index (Phi) is 5.00. The predicted molar refractivity (Wildman–Crippen MR) is 60.1 cm³/mol. The zero-order valence-corrected chi connectivity index (χ0v) is 9.51. The molecule has 0 spiro atoms. The summed E-state index contributed by atoms with van der Waals surface area (Å²) < 4.78 is 9.98. The molecule has 0 bridgehead atoms. The summed E-state index contributed by atoms with van der Waals surface area (Å²) in [4.78, 5) is 21.7. The first-order valence-corrected chi connectivity index (χ1v) is 5.25. The SMILES string of the molecule is CCOC(=O)CCOc1cccc(C(=O)O)c1. The molecule has 0 saturated heterocycles. The maximum absolute atomic E-state index is 11.0. The molecule has 5 heteroatoms. The molecular weight excluding hydrogens is 224 g/mol. The Morgan fingerprint density at radius 2 is 2.12 bits per heavy atom. The fraction of sp³-hybridized carbons (Fsp3) is 0.333. The Morgan fingerprint density at radius 1 is 1.35 bits per heavy atom. The van der Waals surface area contributed by atoms with E-state index in [2.05, 4.69) is 0 Å². The lowest BCUT2D eigenvalue weighted by Gasteiger charge is -2.06. The van der Waals surface area contributed by atoms with Gasteiger partial charge in [0.1, 0.15) is 5.75 Å². The Balaban J connectivity index is 2.44. The van der Waals surface area contributed by atoms with E-state index in [4.69, 9.17) is 14.6 Å². The second-order valence-electron chi connectivity index (χ2n) is 3.24. The van der Waals surface area contributed by atoms with Gasteiger partial charge in [0.25, 0.3) is 0 Å². The zero-order chi connectivity index (χ0) is 12.7. The summed E-state index contributed by atoms with van der Waals surface area (Å²) in [7, 11) is 0. The van der Waals surface area contributed by atoms with E-state index in [9.17, 15) is 9.59 Å². The van der Waals surface area contributed by atoms with Crippen molar-refractivity contribution in [2.24, 2.45) is 0 Å². The van der Waals surface area contributed by atoms with Crippen molar-refractivity contribution in [2.75, 3.05) is 13.2 Å². The van der Waals surface area contributed by atoms with Gasteiger partial charge in [-0.05, 0) is 25.1 Å². The predicted octanol–water partition coefficient (Wildman–Crippen LogP) is 1.72. The molecule has 0 unspecified atom stereocenters. The van der Waals surface area contributed by atoms with Crippen LogP contribution in [0.3, 0.4) is 0 Å². The molecule has 1 rings (SSSR count). The third-order valence-corrected chi connectivity index (χ3v) is 1.96. The van der Waals surface area contributed by atoms with E-state index in [1.807, 2.05) is 0 Å². The van der Waals surface area contributed by atoms with Gasteiger partial charge < -0.3 is 14.6 Å². The van der Waals surface area contributed by atoms with Crippen LogP contribution in [0.4, 0.5) is 0 Å². The van der Waals surface area contributed by atoms with Gasteiger partial charge in [-0.15, -0.1) is 0 Å². The average Bonchev–Trinajstić information content (AvgIpc) is 2.30. The molecule has 17 heavy (non-hydrogen) atoms. The van der Waals surface area contributed by atoms with Crippen molar-refractivity contribution >= 4 is 11.9 Å². The standard InChI is InChI=1S/C12H14O5/c1-2-16-11(13)6-7-17-10-5-3-4-9(8-10)12(14)15/h3-5,8H,2,6-7H2,1H3,(H,14,15). The van der Waals surface area contributed by atoms with Crippen molar-refractivity contribution in [1.29, 1.82) is 0 Å². The maximum Gasteiger partial charge on any atom is 0.335 e. The van der Waals surface area contributed by atoms with E-state index in [0.717, 1.165) is 0 Å². The highest BCUT2D eigenvalue weighted by atomic mass is 16.5. The summed E-state index contributed by atoms with van der Waals surface area (Å²) in [5.74, 6) is -0.920. The molecule has 0 aliphatic rings. The van der Waals surface area contributed by atoms with Crippen LogP contribution in [0.5, 0.6) is 5.75 Å². The van der Waals surface area contributed by atoms with Gasteiger partial charge in [0, 0.05) is 0 Å². The van der Waals surface area contributed by atoms with Gasteiger partial charge in [-0.25, -0.2) is 4.79 Å². The lowest BCUT2D eigenvalue weighted by Crippen LogP contribution is -2.09. The molecule has 0 aromatic heterocycles. The molecule has 1 N–H and O–H groups in total. The zero-order valence-electron chi connectivity index (χ0n) is 9.51. The topological polar surface area (TPSA) is 72.8 Å². The Labute approximate surface area is 99.0 Å². The monoisotopic (exact) mass is 238 g/mol. The van der Waals surface area contributed by atoms with E-state index in [-0.39, 0.29) is 24.6 Å². The van der Waals surface area contributed by atoms with E-state index in [1.54, 1.807) is 19.1 Å². The largest absolute Gasteiger partial charge is 0.493 e. The van der Waals surface area contributed by atoms with E-state index < -0.39 is 5.97 Å². The van der Waals surface area contributed by atoms with Gasteiger partial charge in [-0.2, -0.15) is 0 Å². The van der Waals surface area contributed by atoms with Crippen LogP contribution in [0.15, 0.2) is 24.3 Å². The molecule has 0 aliphatic heterocycles. The second kappa shape index (κ2) is 6.52. The lowest BCUT2D eigenvalue weighted by molar-refractivity contribution is -0.143. The van der Waals surface area contributed by atoms with Crippen molar-refractivity contribution in [2.45, 2.75) is 13.3 Å². The van der Waals surface area contributed by atoms with Gasteiger partial charge in [-0.3, -0.25) is 4.79 Å². The normalized spacial score (nSPS) is 9.71. The number of hydrogen-bond acceptors (Lipinski definition) is 4. The van der Waals surface area contributed by atoms with E-state index in [0.29, 0.717) is 12.4 Å². The number of carboxylic acids is 1. The summed E-state index contributed by atoms with van der Waals surface area (Å²) >= 11 is 0. The molecule has 0 saturated carbocycles. The third kappa shape index (κ3) is 4.55. The van der Waals surface area contributed by atoms with E-state index >= 15 is 0 Å². The molecule has 1 aromatic rings.